The summed E-state index contributed by atoms with van der Waals surface area (Å²) >= 11 is 1.57. The summed E-state index contributed by atoms with van der Waals surface area (Å²) in [7, 11) is 0. The van der Waals surface area contributed by atoms with Gasteiger partial charge in [-0.2, -0.15) is 0 Å². The fraction of sp³-hybridized carbons (Fsp3) is 0.400. The fourth-order valence-electron chi connectivity index (χ4n) is 4.47. The van der Waals surface area contributed by atoms with Gasteiger partial charge in [-0.1, -0.05) is 18.2 Å². The number of aromatic amines is 1. The van der Waals surface area contributed by atoms with Crippen LogP contribution < -0.4 is 10.9 Å². The summed E-state index contributed by atoms with van der Waals surface area (Å²) in [4.78, 5) is 39.1. The summed E-state index contributed by atoms with van der Waals surface area (Å²) in [6.07, 6.45) is 0. The molecule has 0 aliphatic carbocycles. The van der Waals surface area contributed by atoms with E-state index in [0.717, 1.165) is 58.2 Å². The molecule has 1 atom stereocenters. The molecule has 34 heavy (non-hydrogen) atoms. The maximum absolute atomic E-state index is 12.6. The minimum absolute atomic E-state index is 0.0127. The number of carbonyl (C=O) groups excluding carboxylic acids is 1. The first-order chi connectivity index (χ1) is 16.4. The van der Waals surface area contributed by atoms with E-state index in [1.165, 1.54) is 0 Å². The van der Waals surface area contributed by atoms with Crippen LogP contribution in [0.2, 0.25) is 0 Å². The number of H-pyrrole nitrogens is 1. The average Bonchev–Trinajstić information content (AvgIpc) is 3.36. The van der Waals surface area contributed by atoms with Crippen molar-refractivity contribution < 1.29 is 9.21 Å². The van der Waals surface area contributed by atoms with E-state index in [0.29, 0.717) is 24.3 Å². The highest BCUT2D eigenvalue weighted by molar-refractivity contribution is 7.18. The SMILES string of the molecule is Cc1sc2nc(CN3CCN(CC(=O)NC(C)c4cc5ccccc5o4)CC3)[nH]c(=O)c2c1C. The normalized spacial score (nSPS) is 16.3. The van der Waals surface area contributed by atoms with Crippen molar-refractivity contribution in [2.24, 2.45) is 0 Å². The van der Waals surface area contributed by atoms with Gasteiger partial charge in [0.15, 0.2) is 0 Å². The number of piperazine rings is 1. The molecule has 2 N–H and O–H groups in total. The molecule has 9 heteroatoms. The molecule has 1 aromatic carbocycles. The van der Waals surface area contributed by atoms with Crippen LogP contribution in [-0.2, 0) is 11.3 Å². The quantitative estimate of drug-likeness (QED) is 0.441. The number of nitrogens with zero attached hydrogens (tertiary/aromatic N) is 3. The van der Waals surface area contributed by atoms with Crippen molar-refractivity contribution in [2.75, 3.05) is 32.7 Å². The summed E-state index contributed by atoms with van der Waals surface area (Å²) in [6.45, 7) is 10.1. The van der Waals surface area contributed by atoms with Gasteiger partial charge in [0.2, 0.25) is 5.91 Å². The number of nitrogens with one attached hydrogen (secondary N) is 2. The molecule has 0 saturated carbocycles. The lowest BCUT2D eigenvalue weighted by Gasteiger charge is -2.34. The number of amides is 1. The van der Waals surface area contributed by atoms with Gasteiger partial charge in [0.05, 0.1) is 24.5 Å². The van der Waals surface area contributed by atoms with E-state index in [-0.39, 0.29) is 17.5 Å². The summed E-state index contributed by atoms with van der Waals surface area (Å²) in [5.41, 5.74) is 1.78. The molecule has 3 aromatic heterocycles. The molecular formula is C25H29N5O3S. The molecular weight excluding hydrogens is 450 g/mol. The Morgan fingerprint density at radius 1 is 1.21 bits per heavy atom. The first-order valence-electron chi connectivity index (χ1n) is 11.6. The first-order valence-corrected chi connectivity index (χ1v) is 12.4. The van der Waals surface area contributed by atoms with Gasteiger partial charge >= 0.3 is 0 Å². The number of rotatable bonds is 6. The Morgan fingerprint density at radius 3 is 2.71 bits per heavy atom. The van der Waals surface area contributed by atoms with Gasteiger partial charge in [-0.3, -0.25) is 19.4 Å². The van der Waals surface area contributed by atoms with E-state index >= 15 is 0 Å². The van der Waals surface area contributed by atoms with Crippen molar-refractivity contribution in [3.8, 4) is 0 Å². The highest BCUT2D eigenvalue weighted by Crippen LogP contribution is 2.26. The summed E-state index contributed by atoms with van der Waals surface area (Å²) in [6, 6.07) is 9.63. The number of aryl methyl sites for hydroxylation is 2. The van der Waals surface area contributed by atoms with Crippen molar-refractivity contribution in [3.63, 3.8) is 0 Å². The second kappa shape index (κ2) is 9.32. The van der Waals surface area contributed by atoms with Crippen molar-refractivity contribution in [1.82, 2.24) is 25.1 Å². The van der Waals surface area contributed by atoms with Gasteiger partial charge in [0, 0.05) is 36.4 Å². The Bertz CT molecular complexity index is 1360. The Hall–Kier alpha value is -3.01. The molecule has 1 unspecified atom stereocenters. The Morgan fingerprint density at radius 2 is 1.94 bits per heavy atom. The zero-order chi connectivity index (χ0) is 23.8. The van der Waals surface area contributed by atoms with Gasteiger partial charge in [-0.25, -0.2) is 4.98 Å². The van der Waals surface area contributed by atoms with Crippen LogP contribution in [0.5, 0.6) is 0 Å². The lowest BCUT2D eigenvalue weighted by Crippen LogP contribution is -2.49. The van der Waals surface area contributed by atoms with Crippen molar-refractivity contribution in [1.29, 1.82) is 0 Å². The van der Waals surface area contributed by atoms with Gasteiger partial charge in [-0.05, 0) is 38.5 Å². The average molecular weight is 480 g/mol. The minimum Gasteiger partial charge on any atom is -0.459 e. The van der Waals surface area contributed by atoms with Gasteiger partial charge in [0.25, 0.3) is 5.56 Å². The molecule has 1 amide bonds. The second-order valence-corrected chi connectivity index (χ2v) is 10.2. The highest BCUT2D eigenvalue weighted by atomic mass is 32.1. The molecule has 5 rings (SSSR count). The van der Waals surface area contributed by atoms with E-state index in [1.807, 2.05) is 51.1 Å². The number of aromatic nitrogens is 2. The van der Waals surface area contributed by atoms with Crippen LogP contribution in [0, 0.1) is 13.8 Å². The lowest BCUT2D eigenvalue weighted by atomic mass is 10.2. The van der Waals surface area contributed by atoms with Crippen LogP contribution in [-0.4, -0.2) is 58.4 Å². The largest absolute Gasteiger partial charge is 0.459 e. The van der Waals surface area contributed by atoms with Crippen LogP contribution in [0.25, 0.3) is 21.2 Å². The van der Waals surface area contributed by atoms with E-state index < -0.39 is 0 Å². The first kappa shape index (κ1) is 22.8. The summed E-state index contributed by atoms with van der Waals surface area (Å²) in [5.74, 6) is 1.44. The molecule has 178 valence electrons. The van der Waals surface area contributed by atoms with E-state index in [4.69, 9.17) is 9.40 Å². The molecule has 0 bridgehead atoms. The summed E-state index contributed by atoms with van der Waals surface area (Å²) < 4.78 is 5.87. The molecule has 0 spiro atoms. The van der Waals surface area contributed by atoms with Crippen molar-refractivity contribution in [2.45, 2.75) is 33.4 Å². The van der Waals surface area contributed by atoms with E-state index in [2.05, 4.69) is 20.1 Å². The van der Waals surface area contributed by atoms with Crippen LogP contribution in [0.15, 0.2) is 39.5 Å². The number of carbonyl (C=O) groups is 1. The Kier molecular flexibility index (Phi) is 6.24. The van der Waals surface area contributed by atoms with Crippen LogP contribution in [0.1, 0.15) is 35.0 Å². The van der Waals surface area contributed by atoms with Gasteiger partial charge in [0.1, 0.15) is 22.0 Å². The van der Waals surface area contributed by atoms with Gasteiger partial charge < -0.3 is 14.7 Å². The molecule has 0 radical (unpaired) electrons. The van der Waals surface area contributed by atoms with Crippen LogP contribution in [0.4, 0.5) is 0 Å². The van der Waals surface area contributed by atoms with Crippen LogP contribution in [0.3, 0.4) is 0 Å². The van der Waals surface area contributed by atoms with Gasteiger partial charge in [-0.15, -0.1) is 11.3 Å². The fourth-order valence-corrected chi connectivity index (χ4v) is 5.52. The second-order valence-electron chi connectivity index (χ2n) is 9.00. The molecule has 4 heterocycles. The zero-order valence-electron chi connectivity index (χ0n) is 19.7. The minimum atomic E-state index is -0.191. The molecule has 1 aliphatic heterocycles. The molecule has 1 aliphatic rings. The Balaban J connectivity index is 1.13. The zero-order valence-corrected chi connectivity index (χ0v) is 20.5. The smallest absolute Gasteiger partial charge is 0.259 e. The maximum atomic E-state index is 12.6. The number of thiophene rings is 1. The topological polar surface area (TPSA) is 94.5 Å². The van der Waals surface area contributed by atoms with E-state index in [1.54, 1.807) is 11.3 Å². The predicted molar refractivity (Wildman–Crippen MR) is 134 cm³/mol. The third-order valence-electron chi connectivity index (χ3n) is 6.54. The molecule has 1 saturated heterocycles. The highest BCUT2D eigenvalue weighted by Gasteiger charge is 2.22. The molecule has 8 nitrogen and oxygen atoms in total. The summed E-state index contributed by atoms with van der Waals surface area (Å²) in [5, 5.41) is 4.79. The molecule has 1 fully saturated rings. The third-order valence-corrected chi connectivity index (χ3v) is 7.64. The van der Waals surface area contributed by atoms with Crippen LogP contribution >= 0.6 is 11.3 Å². The Labute approximate surface area is 201 Å². The van der Waals surface area contributed by atoms with Crippen molar-refractivity contribution >= 4 is 38.4 Å². The predicted octanol–water partition coefficient (Wildman–Crippen LogP) is 3.34. The van der Waals surface area contributed by atoms with Crippen molar-refractivity contribution in [3.05, 3.63) is 62.7 Å². The number of hydrogen-bond acceptors (Lipinski definition) is 7. The monoisotopic (exact) mass is 479 g/mol. The molecule has 4 aromatic rings. The number of para-hydroxylation sites is 1. The number of furan rings is 1. The number of hydrogen-bond donors (Lipinski definition) is 2. The standard InChI is InChI=1S/C25H29N5O3S/c1-15-17(3)34-25-23(15)24(32)27-21(28-25)13-29-8-10-30(11-9-29)14-22(31)26-16(2)20-12-18-6-4-5-7-19(18)33-20/h4-7,12,16H,8-11,13-14H2,1-3H3,(H,26,31)(H,27,28,32). The number of benzene rings is 1. The number of fused-ring (bicyclic) bond motifs is 2. The lowest BCUT2D eigenvalue weighted by molar-refractivity contribution is -0.123. The maximum Gasteiger partial charge on any atom is 0.259 e. The third kappa shape index (κ3) is 4.64. The van der Waals surface area contributed by atoms with E-state index in [9.17, 15) is 9.59 Å².